The number of carbonyl (C=O) groups is 1. The Kier molecular flexibility index (Phi) is 5.83. The molecule has 1 aliphatic rings. The van der Waals surface area contributed by atoms with E-state index in [1.807, 2.05) is 0 Å². The van der Waals surface area contributed by atoms with Crippen molar-refractivity contribution in [3.63, 3.8) is 0 Å². The Labute approximate surface area is 160 Å². The monoisotopic (exact) mass is 389 g/mol. The fraction of sp³-hybridized carbons (Fsp3) is 0.350. The van der Waals surface area contributed by atoms with Crippen LogP contribution < -0.4 is 4.74 Å². The Bertz CT molecular complexity index is 858. The summed E-state index contributed by atoms with van der Waals surface area (Å²) < 4.78 is 43.1. The minimum absolute atomic E-state index is 0.0293. The van der Waals surface area contributed by atoms with Crippen LogP contribution in [-0.2, 0) is 17.4 Å². The fourth-order valence-electron chi connectivity index (χ4n) is 3.05. The molecule has 2 aromatic rings. The molecule has 0 N–H and O–H groups in total. The minimum atomic E-state index is -4.44. The number of nitrogens with zero attached hydrogens (tertiary/aromatic N) is 3. The molecule has 1 aromatic carbocycles. The summed E-state index contributed by atoms with van der Waals surface area (Å²) in [4.78, 5) is 17.6. The van der Waals surface area contributed by atoms with Gasteiger partial charge in [-0.2, -0.15) is 18.4 Å². The molecule has 1 amide bonds. The predicted octanol–water partition coefficient (Wildman–Crippen LogP) is 4.34. The van der Waals surface area contributed by atoms with Gasteiger partial charge in [-0.3, -0.25) is 4.79 Å². The number of hydrogen-bond donors (Lipinski definition) is 0. The molecule has 1 atom stereocenters. The van der Waals surface area contributed by atoms with Crippen molar-refractivity contribution in [3.8, 4) is 17.7 Å². The average molecular weight is 389 g/mol. The first kappa shape index (κ1) is 19.7. The normalized spacial score (nSPS) is 16.6. The zero-order valence-electron chi connectivity index (χ0n) is 14.9. The number of nitriles is 1. The van der Waals surface area contributed by atoms with Gasteiger partial charge in [-0.15, -0.1) is 0 Å². The maximum absolute atomic E-state index is 12.5. The molecule has 8 heteroatoms. The second-order valence-electron chi connectivity index (χ2n) is 6.50. The van der Waals surface area contributed by atoms with Crippen molar-refractivity contribution in [2.75, 3.05) is 6.54 Å². The van der Waals surface area contributed by atoms with Gasteiger partial charge in [0.1, 0.15) is 11.8 Å². The van der Waals surface area contributed by atoms with Gasteiger partial charge in [-0.1, -0.05) is 12.1 Å². The molecule has 0 saturated carbocycles. The van der Waals surface area contributed by atoms with Gasteiger partial charge in [0, 0.05) is 25.2 Å². The molecular formula is C20H18F3N3O2. The van der Waals surface area contributed by atoms with Crippen LogP contribution in [0.3, 0.4) is 0 Å². The summed E-state index contributed by atoms with van der Waals surface area (Å²) in [6, 6.07) is 10.8. The highest BCUT2D eigenvalue weighted by molar-refractivity contribution is 5.77. The maximum Gasteiger partial charge on any atom is 0.417 e. The largest absolute Gasteiger partial charge is 0.439 e. The van der Waals surface area contributed by atoms with Gasteiger partial charge >= 0.3 is 6.18 Å². The van der Waals surface area contributed by atoms with Crippen LogP contribution in [0.25, 0.3) is 0 Å². The Balaban J connectivity index is 1.54. The van der Waals surface area contributed by atoms with Crippen LogP contribution in [0.15, 0.2) is 42.6 Å². The SMILES string of the molecule is N#CC1CCCN1C(=O)CCc1ccc(Oc2ccc(C(F)(F)F)cn2)cc1. The molecule has 0 aliphatic carbocycles. The standard InChI is InChI=1S/C20H18F3N3O2/c21-20(22,23)15-6-9-18(25-13-15)28-17-7-3-14(4-8-17)5-10-19(27)26-11-1-2-16(26)12-24/h3-4,6-9,13,16H,1-2,5,10-11H2. The second-order valence-corrected chi connectivity index (χ2v) is 6.50. The number of likely N-dealkylation sites (tertiary alicyclic amines) is 1. The highest BCUT2D eigenvalue weighted by atomic mass is 19.4. The van der Waals surface area contributed by atoms with Crippen molar-refractivity contribution < 1.29 is 22.7 Å². The van der Waals surface area contributed by atoms with Gasteiger partial charge in [0.15, 0.2) is 0 Å². The number of pyridine rings is 1. The molecule has 5 nitrogen and oxygen atoms in total. The van der Waals surface area contributed by atoms with Crippen molar-refractivity contribution in [2.45, 2.75) is 37.9 Å². The van der Waals surface area contributed by atoms with E-state index in [0.717, 1.165) is 36.7 Å². The number of aryl methyl sites for hydroxylation is 1. The summed E-state index contributed by atoms with van der Waals surface area (Å²) in [5.41, 5.74) is 0.0882. The lowest BCUT2D eigenvalue weighted by atomic mass is 10.1. The number of carbonyl (C=O) groups excluding carboxylic acids is 1. The molecule has 0 spiro atoms. The van der Waals surface area contributed by atoms with Gasteiger partial charge < -0.3 is 9.64 Å². The molecular weight excluding hydrogens is 371 g/mol. The molecule has 1 fully saturated rings. The first-order valence-electron chi connectivity index (χ1n) is 8.86. The van der Waals surface area contributed by atoms with E-state index in [0.29, 0.717) is 25.1 Å². The smallest absolute Gasteiger partial charge is 0.417 e. The van der Waals surface area contributed by atoms with Gasteiger partial charge in [0.05, 0.1) is 11.6 Å². The van der Waals surface area contributed by atoms with Crippen LogP contribution in [0.5, 0.6) is 11.6 Å². The lowest BCUT2D eigenvalue weighted by Crippen LogP contribution is -2.34. The van der Waals surface area contributed by atoms with Crippen molar-refractivity contribution in [1.29, 1.82) is 5.26 Å². The van der Waals surface area contributed by atoms with Gasteiger partial charge in [0.25, 0.3) is 0 Å². The molecule has 0 bridgehead atoms. The van der Waals surface area contributed by atoms with Gasteiger partial charge in [0.2, 0.25) is 11.8 Å². The fourth-order valence-corrected chi connectivity index (χ4v) is 3.05. The number of ether oxygens (including phenoxy) is 1. The number of amides is 1. The third kappa shape index (κ3) is 4.80. The predicted molar refractivity (Wildman–Crippen MR) is 94.4 cm³/mol. The van der Waals surface area contributed by atoms with Crippen molar-refractivity contribution in [1.82, 2.24) is 9.88 Å². The Morgan fingerprint density at radius 2 is 2.00 bits per heavy atom. The zero-order chi connectivity index (χ0) is 20.1. The average Bonchev–Trinajstić information content (AvgIpc) is 3.16. The number of benzene rings is 1. The molecule has 1 aliphatic heterocycles. The number of alkyl halides is 3. The topological polar surface area (TPSA) is 66.2 Å². The third-order valence-corrected chi connectivity index (χ3v) is 4.56. The van der Waals surface area contributed by atoms with E-state index >= 15 is 0 Å². The van der Waals surface area contributed by atoms with Crippen LogP contribution >= 0.6 is 0 Å². The first-order chi connectivity index (χ1) is 13.4. The van der Waals surface area contributed by atoms with Crippen molar-refractivity contribution in [2.24, 2.45) is 0 Å². The highest BCUT2D eigenvalue weighted by Crippen LogP contribution is 2.30. The summed E-state index contributed by atoms with van der Waals surface area (Å²) in [6.07, 6.45) is -1.28. The van der Waals surface area contributed by atoms with E-state index in [-0.39, 0.29) is 17.8 Å². The molecule has 146 valence electrons. The zero-order valence-corrected chi connectivity index (χ0v) is 14.9. The van der Waals surface area contributed by atoms with Crippen LogP contribution in [0.4, 0.5) is 13.2 Å². The van der Waals surface area contributed by atoms with Crippen LogP contribution in [-0.4, -0.2) is 28.4 Å². The van der Waals surface area contributed by atoms with Crippen molar-refractivity contribution >= 4 is 5.91 Å². The van der Waals surface area contributed by atoms with Crippen LogP contribution in [0, 0.1) is 11.3 Å². The molecule has 2 heterocycles. The quantitative estimate of drug-likeness (QED) is 0.763. The van der Waals surface area contributed by atoms with E-state index in [4.69, 9.17) is 10.00 Å². The molecule has 0 radical (unpaired) electrons. The third-order valence-electron chi connectivity index (χ3n) is 4.56. The Morgan fingerprint density at radius 3 is 2.61 bits per heavy atom. The summed E-state index contributed by atoms with van der Waals surface area (Å²) in [5, 5.41) is 9.06. The lowest BCUT2D eigenvalue weighted by Gasteiger charge is -2.19. The number of hydrogen-bond acceptors (Lipinski definition) is 4. The Hall–Kier alpha value is -3.08. The number of halogens is 3. The number of aromatic nitrogens is 1. The molecule has 3 rings (SSSR count). The van der Waals surface area contributed by atoms with Gasteiger partial charge in [-0.05, 0) is 43.0 Å². The summed E-state index contributed by atoms with van der Waals surface area (Å²) in [6.45, 7) is 0.629. The molecule has 28 heavy (non-hydrogen) atoms. The van der Waals surface area contributed by atoms with Crippen LogP contribution in [0.1, 0.15) is 30.4 Å². The van der Waals surface area contributed by atoms with E-state index in [2.05, 4.69) is 11.1 Å². The summed E-state index contributed by atoms with van der Waals surface area (Å²) in [7, 11) is 0. The van der Waals surface area contributed by atoms with E-state index < -0.39 is 11.7 Å². The Morgan fingerprint density at radius 1 is 1.25 bits per heavy atom. The van der Waals surface area contributed by atoms with Gasteiger partial charge in [-0.25, -0.2) is 4.98 Å². The summed E-state index contributed by atoms with van der Waals surface area (Å²) in [5.74, 6) is 0.470. The molecule has 1 unspecified atom stereocenters. The molecule has 1 saturated heterocycles. The summed E-state index contributed by atoms with van der Waals surface area (Å²) >= 11 is 0. The maximum atomic E-state index is 12.5. The first-order valence-corrected chi connectivity index (χ1v) is 8.86. The van der Waals surface area contributed by atoms with E-state index in [9.17, 15) is 18.0 Å². The second kappa shape index (κ2) is 8.30. The lowest BCUT2D eigenvalue weighted by molar-refractivity contribution is -0.137. The van der Waals surface area contributed by atoms with E-state index in [1.54, 1.807) is 29.2 Å². The minimum Gasteiger partial charge on any atom is -0.439 e. The highest BCUT2D eigenvalue weighted by Gasteiger charge is 2.30. The molecule has 1 aromatic heterocycles. The number of rotatable bonds is 5. The van der Waals surface area contributed by atoms with E-state index in [1.165, 1.54) is 0 Å². The van der Waals surface area contributed by atoms with Crippen LogP contribution in [0.2, 0.25) is 0 Å². The van der Waals surface area contributed by atoms with Crippen molar-refractivity contribution in [3.05, 3.63) is 53.7 Å².